The van der Waals surface area contributed by atoms with Gasteiger partial charge < -0.3 is 0 Å². The fourth-order valence-corrected chi connectivity index (χ4v) is 3.23. The number of carbonyl (C=O) groups is 1. The quantitative estimate of drug-likeness (QED) is 0.394. The molecule has 0 atom stereocenters. The summed E-state index contributed by atoms with van der Waals surface area (Å²) in [5, 5.41) is 19.2. The van der Waals surface area contributed by atoms with Gasteiger partial charge in [0.2, 0.25) is 10.0 Å². The van der Waals surface area contributed by atoms with Crippen LogP contribution in [0.5, 0.6) is 0 Å². The van der Waals surface area contributed by atoms with Crippen LogP contribution in [0.3, 0.4) is 0 Å². The second-order valence-electron chi connectivity index (χ2n) is 5.78. The Bertz CT molecular complexity index is 1190. The van der Waals surface area contributed by atoms with E-state index < -0.39 is 15.9 Å². The lowest BCUT2D eigenvalue weighted by molar-refractivity contribution is -0.152. The van der Waals surface area contributed by atoms with E-state index in [-0.39, 0.29) is 16.3 Å². The lowest BCUT2D eigenvalue weighted by Gasteiger charge is -2.11. The molecule has 28 heavy (non-hydrogen) atoms. The van der Waals surface area contributed by atoms with Crippen molar-refractivity contribution in [3.05, 3.63) is 66.4 Å². The molecule has 0 aliphatic rings. The zero-order chi connectivity index (χ0) is 20.3. The second kappa shape index (κ2) is 7.66. The normalized spacial score (nSPS) is 10.8. The minimum absolute atomic E-state index is 0.0963. The van der Waals surface area contributed by atoms with Gasteiger partial charge in [-0.2, -0.15) is 5.10 Å². The van der Waals surface area contributed by atoms with Gasteiger partial charge in [-0.3, -0.25) is 10.0 Å². The predicted molar refractivity (Wildman–Crippen MR) is 102 cm³/mol. The van der Waals surface area contributed by atoms with Gasteiger partial charge in [-0.05, 0) is 18.1 Å². The number of nitrogens with zero attached hydrogens (tertiary/aromatic N) is 3. The number of aromatic nitrogens is 2. The maximum absolute atomic E-state index is 12.0. The molecule has 2 aromatic carbocycles. The average molecular weight is 396 g/mol. The number of para-hydroxylation sites is 1. The fraction of sp³-hybridized carbons (Fsp3) is 0.0526. The molecule has 0 aliphatic heterocycles. The summed E-state index contributed by atoms with van der Waals surface area (Å²) < 4.78 is 25.4. The minimum Gasteiger partial charge on any atom is -0.285 e. The van der Waals surface area contributed by atoms with Gasteiger partial charge in [0.05, 0.1) is 11.4 Å². The first-order valence-electron chi connectivity index (χ1n) is 8.03. The van der Waals surface area contributed by atoms with E-state index in [1.807, 2.05) is 30.3 Å². The SMILES string of the molecule is CN(O)C(=O)C#Cc1cc(-c2ccccc2)n(-c2ccccc2S(N)(=O)=O)n1. The van der Waals surface area contributed by atoms with Crippen LogP contribution in [-0.2, 0) is 14.8 Å². The Hall–Kier alpha value is -3.45. The van der Waals surface area contributed by atoms with Gasteiger partial charge in [-0.15, -0.1) is 0 Å². The Labute approximate surface area is 161 Å². The van der Waals surface area contributed by atoms with Crippen LogP contribution in [0.15, 0.2) is 65.6 Å². The molecule has 0 aliphatic carbocycles. The Balaban J connectivity index is 2.23. The third kappa shape index (κ3) is 4.10. The molecule has 1 heterocycles. The third-order valence-electron chi connectivity index (χ3n) is 3.77. The van der Waals surface area contributed by atoms with E-state index in [4.69, 9.17) is 10.3 Å². The number of nitrogens with two attached hydrogens (primary N) is 1. The van der Waals surface area contributed by atoms with E-state index in [1.54, 1.807) is 24.3 Å². The topological polar surface area (TPSA) is 119 Å². The molecule has 0 saturated heterocycles. The molecule has 0 saturated carbocycles. The van der Waals surface area contributed by atoms with E-state index in [2.05, 4.69) is 16.9 Å². The van der Waals surface area contributed by atoms with Crippen LogP contribution in [0.4, 0.5) is 0 Å². The number of rotatable bonds is 3. The fourth-order valence-electron chi connectivity index (χ4n) is 2.51. The smallest absolute Gasteiger partial charge is 0.285 e. The highest BCUT2D eigenvalue weighted by molar-refractivity contribution is 7.89. The molecule has 9 heteroatoms. The number of primary sulfonamides is 1. The number of hydroxylamine groups is 2. The molecule has 0 spiro atoms. The van der Waals surface area contributed by atoms with Crippen LogP contribution in [0, 0.1) is 11.8 Å². The molecule has 0 fully saturated rings. The standard InChI is InChI=1S/C19H16N4O4S/c1-22(25)19(24)12-11-15-13-17(14-7-3-2-4-8-14)23(21-15)16-9-5-6-10-18(16)28(20,26)27/h2-10,13,25H,1H3,(H2,20,26,27). The van der Waals surface area contributed by atoms with Gasteiger partial charge in [0.1, 0.15) is 10.6 Å². The van der Waals surface area contributed by atoms with Crippen LogP contribution in [0.25, 0.3) is 16.9 Å². The molecule has 3 aromatic rings. The van der Waals surface area contributed by atoms with Gasteiger partial charge >= 0.3 is 5.91 Å². The zero-order valence-corrected chi connectivity index (χ0v) is 15.6. The van der Waals surface area contributed by atoms with Crippen LogP contribution >= 0.6 is 0 Å². The number of carbonyl (C=O) groups excluding carboxylic acids is 1. The summed E-state index contributed by atoms with van der Waals surface area (Å²) in [6.45, 7) is 0. The molecular weight excluding hydrogens is 380 g/mol. The summed E-state index contributed by atoms with van der Waals surface area (Å²) in [4.78, 5) is 11.4. The highest BCUT2D eigenvalue weighted by Crippen LogP contribution is 2.27. The maximum atomic E-state index is 12.0. The molecule has 3 rings (SSSR count). The van der Waals surface area contributed by atoms with Gasteiger partial charge in [0, 0.05) is 24.6 Å². The summed E-state index contributed by atoms with van der Waals surface area (Å²) in [6.07, 6.45) is 0. The molecule has 142 valence electrons. The average Bonchev–Trinajstić information content (AvgIpc) is 3.10. The van der Waals surface area contributed by atoms with Crippen LogP contribution < -0.4 is 5.14 Å². The highest BCUT2D eigenvalue weighted by atomic mass is 32.2. The van der Waals surface area contributed by atoms with Crippen LogP contribution in [0.2, 0.25) is 0 Å². The third-order valence-corrected chi connectivity index (χ3v) is 4.73. The molecule has 3 N–H and O–H groups in total. The number of benzene rings is 2. The molecule has 0 unspecified atom stereocenters. The van der Waals surface area contributed by atoms with Crippen LogP contribution in [0.1, 0.15) is 5.69 Å². The number of hydrogen-bond acceptors (Lipinski definition) is 5. The molecule has 1 aromatic heterocycles. The summed E-state index contributed by atoms with van der Waals surface area (Å²) in [6, 6.07) is 17.0. The van der Waals surface area contributed by atoms with Crippen LogP contribution in [-0.4, -0.2) is 41.4 Å². The van der Waals surface area contributed by atoms with E-state index in [9.17, 15) is 13.2 Å². The second-order valence-corrected chi connectivity index (χ2v) is 7.31. The monoisotopic (exact) mass is 396 g/mol. The predicted octanol–water partition coefficient (Wildman–Crippen LogP) is 1.39. The van der Waals surface area contributed by atoms with E-state index in [0.717, 1.165) is 12.6 Å². The first-order valence-corrected chi connectivity index (χ1v) is 9.58. The summed E-state index contributed by atoms with van der Waals surface area (Å²) in [5.74, 6) is 4.02. The van der Waals surface area contributed by atoms with Crippen molar-refractivity contribution in [2.75, 3.05) is 7.05 Å². The highest BCUT2D eigenvalue weighted by Gasteiger charge is 2.19. The van der Waals surface area contributed by atoms with Crippen molar-refractivity contribution in [3.63, 3.8) is 0 Å². The van der Waals surface area contributed by atoms with Crippen molar-refractivity contribution in [1.82, 2.24) is 14.8 Å². The number of amides is 1. The number of hydrogen-bond donors (Lipinski definition) is 2. The van der Waals surface area contributed by atoms with Crippen molar-refractivity contribution >= 4 is 15.9 Å². The van der Waals surface area contributed by atoms with E-state index >= 15 is 0 Å². The molecule has 0 radical (unpaired) electrons. The first kappa shape index (κ1) is 19.3. The Morgan fingerprint density at radius 1 is 1.14 bits per heavy atom. The van der Waals surface area contributed by atoms with Gasteiger partial charge in [0.15, 0.2) is 0 Å². The van der Waals surface area contributed by atoms with Crippen molar-refractivity contribution in [2.45, 2.75) is 4.90 Å². The Kier molecular flexibility index (Phi) is 5.28. The van der Waals surface area contributed by atoms with Gasteiger partial charge in [0.25, 0.3) is 0 Å². The molecule has 0 bridgehead atoms. The number of sulfonamides is 1. The van der Waals surface area contributed by atoms with Crippen molar-refractivity contribution < 1.29 is 18.4 Å². The van der Waals surface area contributed by atoms with Gasteiger partial charge in [-0.1, -0.05) is 42.5 Å². The van der Waals surface area contributed by atoms with Crippen molar-refractivity contribution in [3.8, 4) is 28.8 Å². The summed E-state index contributed by atoms with van der Waals surface area (Å²) >= 11 is 0. The van der Waals surface area contributed by atoms with E-state index in [1.165, 1.54) is 10.7 Å². The summed E-state index contributed by atoms with van der Waals surface area (Å²) in [7, 11) is -2.84. The van der Waals surface area contributed by atoms with E-state index in [0.29, 0.717) is 10.8 Å². The molecule has 8 nitrogen and oxygen atoms in total. The van der Waals surface area contributed by atoms with Crippen molar-refractivity contribution in [1.29, 1.82) is 0 Å². The maximum Gasteiger partial charge on any atom is 0.322 e. The largest absolute Gasteiger partial charge is 0.322 e. The van der Waals surface area contributed by atoms with Gasteiger partial charge in [-0.25, -0.2) is 23.3 Å². The lowest BCUT2D eigenvalue weighted by atomic mass is 10.1. The zero-order valence-electron chi connectivity index (χ0n) is 14.8. The lowest BCUT2D eigenvalue weighted by Crippen LogP contribution is -2.20. The molecule has 1 amide bonds. The Morgan fingerprint density at radius 2 is 1.79 bits per heavy atom. The molecular formula is C19H16N4O4S. The summed E-state index contributed by atoms with van der Waals surface area (Å²) in [5.41, 5.74) is 1.80. The Morgan fingerprint density at radius 3 is 2.43 bits per heavy atom. The minimum atomic E-state index is -4.00. The van der Waals surface area contributed by atoms with Crippen molar-refractivity contribution in [2.24, 2.45) is 5.14 Å². The first-order chi connectivity index (χ1) is 13.3.